The molecule has 2 N–H and O–H groups in total. The van der Waals surface area contributed by atoms with Gasteiger partial charge in [0.2, 0.25) is 6.23 Å². The van der Waals surface area contributed by atoms with E-state index in [1.54, 1.807) is 0 Å². The van der Waals surface area contributed by atoms with Crippen LogP contribution in [-0.2, 0) is 4.74 Å². The highest BCUT2D eigenvalue weighted by atomic mass is 127. The van der Waals surface area contributed by atoms with E-state index in [0.29, 0.717) is 0 Å². The largest absolute Gasteiger partial charge is 0.436 e. The van der Waals surface area contributed by atoms with Gasteiger partial charge in [0, 0.05) is 0 Å². The third kappa shape index (κ3) is 2.27. The van der Waals surface area contributed by atoms with E-state index in [4.69, 9.17) is 4.74 Å². The number of rotatable bonds is 2. The second-order valence-electron chi connectivity index (χ2n) is 3.61. The Bertz CT molecular complexity index is 425. The Balaban J connectivity index is 2.28. The zero-order chi connectivity index (χ0) is 12.6. The molecular formula is C8H10IN3O5. The van der Waals surface area contributed by atoms with Crippen LogP contribution in [0.2, 0.25) is 0 Å². The van der Waals surface area contributed by atoms with Crippen LogP contribution in [0.15, 0.2) is 12.4 Å². The first kappa shape index (κ1) is 12.7. The third-order valence-electron chi connectivity index (χ3n) is 2.52. The number of aliphatic hydroxyl groups excluding tert-OH is 2. The molecule has 1 saturated heterocycles. The maximum absolute atomic E-state index is 10.7. The lowest BCUT2D eigenvalue weighted by Crippen LogP contribution is -2.48. The second kappa shape index (κ2) is 4.84. The zero-order valence-electron chi connectivity index (χ0n) is 8.51. The first-order chi connectivity index (χ1) is 8.02. The van der Waals surface area contributed by atoms with Gasteiger partial charge in [-0.3, -0.25) is 0 Å². The lowest BCUT2D eigenvalue weighted by molar-refractivity contribution is -0.399. The number of nitrogens with zero attached hydrogens (tertiary/aromatic N) is 3. The maximum atomic E-state index is 10.7. The van der Waals surface area contributed by atoms with Crippen LogP contribution in [0.1, 0.15) is 6.23 Å². The van der Waals surface area contributed by atoms with Crippen molar-refractivity contribution in [2.24, 2.45) is 0 Å². The van der Waals surface area contributed by atoms with E-state index in [9.17, 15) is 20.3 Å². The van der Waals surface area contributed by atoms with Gasteiger partial charge < -0.3 is 25.1 Å². The van der Waals surface area contributed by atoms with Crippen molar-refractivity contribution < 1.29 is 19.9 Å². The Labute approximate surface area is 110 Å². The first-order valence-electron chi connectivity index (χ1n) is 4.81. The van der Waals surface area contributed by atoms with E-state index in [1.165, 1.54) is 12.4 Å². The van der Waals surface area contributed by atoms with E-state index in [-0.39, 0.29) is 10.5 Å². The molecule has 0 amide bonds. The van der Waals surface area contributed by atoms with E-state index < -0.39 is 29.3 Å². The van der Waals surface area contributed by atoms with Crippen molar-refractivity contribution in [3.8, 4) is 0 Å². The normalized spacial score (nSPS) is 33.6. The van der Waals surface area contributed by atoms with E-state index in [0.717, 1.165) is 4.57 Å². The van der Waals surface area contributed by atoms with Gasteiger partial charge in [-0.25, -0.2) is 0 Å². The van der Waals surface area contributed by atoms with Crippen molar-refractivity contribution in [1.82, 2.24) is 9.55 Å². The summed E-state index contributed by atoms with van der Waals surface area (Å²) in [5.41, 5.74) is 0. The van der Waals surface area contributed by atoms with Crippen LogP contribution >= 0.6 is 22.6 Å². The number of imidazole rings is 1. The monoisotopic (exact) mass is 355 g/mol. The topological polar surface area (TPSA) is 111 Å². The SMILES string of the molecule is O=[N+]([O-])c1nccn1[C@@H]1OC[C@@H](I)[C@H](O)[C@H]1O. The summed E-state index contributed by atoms with van der Waals surface area (Å²) in [6.07, 6.45) is -0.614. The number of hydrogen-bond donors (Lipinski definition) is 2. The summed E-state index contributed by atoms with van der Waals surface area (Å²) < 4.78 is 6.17. The highest BCUT2D eigenvalue weighted by molar-refractivity contribution is 14.1. The van der Waals surface area contributed by atoms with E-state index >= 15 is 0 Å². The molecule has 0 bridgehead atoms. The van der Waals surface area contributed by atoms with Crippen molar-refractivity contribution in [3.05, 3.63) is 22.5 Å². The molecule has 1 fully saturated rings. The van der Waals surface area contributed by atoms with Gasteiger partial charge in [0.15, 0.2) is 0 Å². The summed E-state index contributed by atoms with van der Waals surface area (Å²) in [5, 5.41) is 30.2. The van der Waals surface area contributed by atoms with E-state index in [1.807, 2.05) is 22.6 Å². The third-order valence-corrected chi connectivity index (χ3v) is 3.62. The Hall–Kier alpha value is -0.780. The molecule has 1 aromatic rings. The lowest BCUT2D eigenvalue weighted by atomic mass is 10.1. The fourth-order valence-electron chi connectivity index (χ4n) is 1.66. The number of hydrogen-bond acceptors (Lipinski definition) is 6. The van der Waals surface area contributed by atoms with Crippen molar-refractivity contribution in [1.29, 1.82) is 0 Å². The molecule has 1 aliphatic rings. The smallest absolute Gasteiger partial charge is 0.390 e. The van der Waals surface area contributed by atoms with Gasteiger partial charge >= 0.3 is 5.95 Å². The Morgan fingerprint density at radius 2 is 2.29 bits per heavy atom. The van der Waals surface area contributed by atoms with Gasteiger partial charge in [-0.1, -0.05) is 27.6 Å². The molecule has 2 heterocycles. The molecular weight excluding hydrogens is 345 g/mol. The maximum Gasteiger partial charge on any atom is 0.436 e. The van der Waals surface area contributed by atoms with Gasteiger partial charge in [0.05, 0.1) is 16.6 Å². The molecule has 0 unspecified atom stereocenters. The molecule has 2 rings (SSSR count). The van der Waals surface area contributed by atoms with Gasteiger partial charge in [-0.15, -0.1) is 0 Å². The Morgan fingerprint density at radius 1 is 1.59 bits per heavy atom. The minimum atomic E-state index is -1.22. The molecule has 4 atom stereocenters. The highest BCUT2D eigenvalue weighted by Crippen LogP contribution is 2.30. The van der Waals surface area contributed by atoms with Crippen molar-refractivity contribution in [3.63, 3.8) is 0 Å². The van der Waals surface area contributed by atoms with Gasteiger partial charge in [-0.2, -0.15) is 4.57 Å². The summed E-state index contributed by atoms with van der Waals surface area (Å²) in [7, 11) is 0. The summed E-state index contributed by atoms with van der Waals surface area (Å²) >= 11 is 1.95. The van der Waals surface area contributed by atoms with Crippen molar-refractivity contribution in [2.45, 2.75) is 22.4 Å². The highest BCUT2D eigenvalue weighted by Gasteiger charge is 2.41. The second-order valence-corrected chi connectivity index (χ2v) is 5.21. The minimum Gasteiger partial charge on any atom is -0.390 e. The van der Waals surface area contributed by atoms with Crippen LogP contribution < -0.4 is 0 Å². The molecule has 8 nitrogen and oxygen atoms in total. The standard InChI is InChI=1S/C8H10IN3O5/c9-4-3-17-7(6(14)5(4)13)11-2-1-10-8(11)12(15)16/h1-2,4-7,13-14H,3H2/t4-,5+,6-,7-/m1/s1. The molecule has 94 valence electrons. The Morgan fingerprint density at radius 3 is 2.94 bits per heavy atom. The fraction of sp³-hybridized carbons (Fsp3) is 0.625. The van der Waals surface area contributed by atoms with Crippen molar-refractivity contribution in [2.75, 3.05) is 6.61 Å². The molecule has 0 spiro atoms. The molecule has 1 aliphatic heterocycles. The van der Waals surface area contributed by atoms with Crippen LogP contribution in [-0.4, -0.2) is 47.4 Å². The van der Waals surface area contributed by atoms with Gasteiger partial charge in [0.25, 0.3) is 0 Å². The fourth-order valence-corrected chi connectivity index (χ4v) is 2.29. The lowest BCUT2D eigenvalue weighted by Gasteiger charge is -2.33. The summed E-state index contributed by atoms with van der Waals surface area (Å²) in [6.45, 7) is 0.207. The van der Waals surface area contributed by atoms with Crippen LogP contribution in [0.4, 0.5) is 5.95 Å². The molecule has 1 aromatic heterocycles. The molecule has 0 radical (unpaired) electrons. The average molecular weight is 355 g/mol. The number of ether oxygens (including phenoxy) is 1. The van der Waals surface area contributed by atoms with E-state index in [2.05, 4.69) is 4.98 Å². The van der Waals surface area contributed by atoms with Crippen LogP contribution in [0.25, 0.3) is 0 Å². The Kier molecular flexibility index (Phi) is 3.61. The number of nitro groups is 1. The quantitative estimate of drug-likeness (QED) is 0.330. The predicted molar refractivity (Wildman–Crippen MR) is 63.7 cm³/mol. The molecule has 9 heteroatoms. The predicted octanol–water partition coefficient (Wildman–Crippen LogP) is -0.155. The number of halogens is 1. The minimum absolute atomic E-state index is 0.207. The summed E-state index contributed by atoms with van der Waals surface area (Å²) in [6, 6.07) is 0. The number of aromatic nitrogens is 2. The van der Waals surface area contributed by atoms with Gasteiger partial charge in [-0.05, 0) is 4.92 Å². The number of aliphatic hydroxyl groups is 2. The average Bonchev–Trinajstić information content (AvgIpc) is 2.75. The van der Waals surface area contributed by atoms with Gasteiger partial charge in [0.1, 0.15) is 18.5 Å². The molecule has 0 saturated carbocycles. The first-order valence-corrected chi connectivity index (χ1v) is 6.06. The molecule has 0 aromatic carbocycles. The summed E-state index contributed by atoms with van der Waals surface area (Å²) in [5.74, 6) is -0.423. The van der Waals surface area contributed by atoms with Crippen LogP contribution in [0.3, 0.4) is 0 Å². The molecule has 17 heavy (non-hydrogen) atoms. The zero-order valence-corrected chi connectivity index (χ0v) is 10.7. The summed E-state index contributed by atoms with van der Waals surface area (Å²) in [4.78, 5) is 13.6. The number of alkyl halides is 1. The van der Waals surface area contributed by atoms with Crippen LogP contribution in [0.5, 0.6) is 0 Å². The molecule has 0 aliphatic carbocycles. The van der Waals surface area contributed by atoms with Crippen molar-refractivity contribution >= 4 is 28.5 Å². The van der Waals surface area contributed by atoms with Crippen LogP contribution in [0, 0.1) is 10.1 Å².